The van der Waals surface area contributed by atoms with E-state index in [2.05, 4.69) is 29.1 Å². The van der Waals surface area contributed by atoms with Crippen LogP contribution in [0.15, 0.2) is 23.6 Å². The quantitative estimate of drug-likeness (QED) is 0.817. The Morgan fingerprint density at radius 2 is 2.35 bits per heavy atom. The van der Waals surface area contributed by atoms with Crippen LogP contribution in [0.25, 0.3) is 0 Å². The first-order valence-corrected chi connectivity index (χ1v) is 7.35. The molecule has 1 heterocycles. The van der Waals surface area contributed by atoms with Crippen molar-refractivity contribution in [3.8, 4) is 0 Å². The van der Waals surface area contributed by atoms with Crippen LogP contribution >= 0.6 is 11.8 Å². The van der Waals surface area contributed by atoms with Crippen molar-refractivity contribution < 1.29 is 0 Å². The van der Waals surface area contributed by atoms with Crippen LogP contribution in [0.1, 0.15) is 33.1 Å². The number of aromatic nitrogens is 2. The summed E-state index contributed by atoms with van der Waals surface area (Å²) in [6.45, 7) is 5.72. The summed E-state index contributed by atoms with van der Waals surface area (Å²) in [5, 5.41) is 5.45. The van der Waals surface area contributed by atoms with Crippen LogP contribution in [0.5, 0.6) is 0 Å². The maximum absolute atomic E-state index is 4.30. The number of hydrogen-bond donors (Lipinski definition) is 1. The fourth-order valence-corrected chi connectivity index (χ4v) is 3.63. The number of nitrogens with zero attached hydrogens (tertiary/aromatic N) is 2. The van der Waals surface area contributed by atoms with Gasteiger partial charge in [-0.2, -0.15) is 0 Å². The second-order valence-electron chi connectivity index (χ2n) is 4.70. The van der Waals surface area contributed by atoms with Gasteiger partial charge in [-0.25, -0.2) is 9.97 Å². The zero-order valence-electron chi connectivity index (χ0n) is 10.6. The number of hydrogen-bond acceptors (Lipinski definition) is 4. The molecular weight excluding hydrogens is 230 g/mol. The molecule has 2 rings (SSSR count). The van der Waals surface area contributed by atoms with E-state index < -0.39 is 0 Å². The molecule has 4 heteroatoms. The van der Waals surface area contributed by atoms with Crippen LogP contribution in [-0.4, -0.2) is 27.8 Å². The lowest BCUT2D eigenvalue weighted by Gasteiger charge is -2.21. The molecule has 0 spiro atoms. The topological polar surface area (TPSA) is 37.8 Å². The van der Waals surface area contributed by atoms with E-state index in [1.165, 1.54) is 19.3 Å². The third-order valence-corrected chi connectivity index (χ3v) is 4.92. The lowest BCUT2D eigenvalue weighted by Crippen LogP contribution is -2.33. The Morgan fingerprint density at radius 3 is 3.06 bits per heavy atom. The lowest BCUT2D eigenvalue weighted by atomic mass is 10.1. The molecule has 1 aliphatic rings. The monoisotopic (exact) mass is 251 g/mol. The highest BCUT2D eigenvalue weighted by Crippen LogP contribution is 2.37. The first-order chi connectivity index (χ1) is 8.31. The van der Waals surface area contributed by atoms with Gasteiger partial charge in [0.15, 0.2) is 0 Å². The summed E-state index contributed by atoms with van der Waals surface area (Å²) in [5.74, 6) is 0.724. The van der Waals surface area contributed by atoms with Gasteiger partial charge in [-0.15, -0.1) is 11.8 Å². The fourth-order valence-electron chi connectivity index (χ4n) is 2.42. The first-order valence-electron chi connectivity index (χ1n) is 6.47. The smallest absolute Gasteiger partial charge is 0.116 e. The Hall–Kier alpha value is -0.610. The molecule has 0 radical (unpaired) electrons. The minimum absolute atomic E-state index is 0.689. The molecule has 3 unspecified atom stereocenters. The first kappa shape index (κ1) is 12.8. The molecule has 94 valence electrons. The van der Waals surface area contributed by atoms with Crippen molar-refractivity contribution in [2.45, 2.75) is 49.4 Å². The third-order valence-electron chi connectivity index (χ3n) is 3.47. The average molecular weight is 251 g/mol. The van der Waals surface area contributed by atoms with E-state index in [1.807, 2.05) is 24.0 Å². The van der Waals surface area contributed by atoms with E-state index in [-0.39, 0.29) is 0 Å². The molecule has 3 atom stereocenters. The molecule has 0 aromatic carbocycles. The van der Waals surface area contributed by atoms with Gasteiger partial charge in [0.05, 0.1) is 5.03 Å². The summed E-state index contributed by atoms with van der Waals surface area (Å²) in [4.78, 5) is 8.25. The Kier molecular flexibility index (Phi) is 4.80. The molecule has 17 heavy (non-hydrogen) atoms. The van der Waals surface area contributed by atoms with Crippen LogP contribution in [0.2, 0.25) is 0 Å². The largest absolute Gasteiger partial charge is 0.314 e. The van der Waals surface area contributed by atoms with Crippen LogP contribution in [0.4, 0.5) is 0 Å². The number of nitrogens with one attached hydrogen (secondary N) is 1. The van der Waals surface area contributed by atoms with Gasteiger partial charge in [-0.05, 0) is 37.8 Å². The summed E-state index contributed by atoms with van der Waals surface area (Å²) < 4.78 is 0. The van der Waals surface area contributed by atoms with Crippen LogP contribution in [-0.2, 0) is 0 Å². The Labute approximate surface area is 108 Å². The SMILES string of the molecule is CCCNC1CCC(Sc2ccncn2)C1C. The Balaban J connectivity index is 1.87. The highest BCUT2D eigenvalue weighted by Gasteiger charge is 2.32. The predicted octanol–water partition coefficient (Wildman–Crippen LogP) is 2.74. The molecule has 0 saturated heterocycles. The summed E-state index contributed by atoms with van der Waals surface area (Å²) in [6.07, 6.45) is 7.25. The predicted molar refractivity (Wildman–Crippen MR) is 72.2 cm³/mol. The van der Waals surface area contributed by atoms with Gasteiger partial charge in [-0.3, -0.25) is 0 Å². The van der Waals surface area contributed by atoms with Gasteiger partial charge in [0.2, 0.25) is 0 Å². The van der Waals surface area contributed by atoms with Gasteiger partial charge in [0, 0.05) is 17.5 Å². The minimum Gasteiger partial charge on any atom is -0.314 e. The van der Waals surface area contributed by atoms with Crippen molar-refractivity contribution in [2.24, 2.45) is 5.92 Å². The highest BCUT2D eigenvalue weighted by molar-refractivity contribution is 7.99. The summed E-state index contributed by atoms with van der Waals surface area (Å²) >= 11 is 1.91. The third kappa shape index (κ3) is 3.42. The average Bonchev–Trinajstić information content (AvgIpc) is 2.70. The maximum Gasteiger partial charge on any atom is 0.116 e. The molecule has 1 aromatic heterocycles. The molecule has 1 N–H and O–H groups in total. The van der Waals surface area contributed by atoms with Crippen molar-refractivity contribution >= 4 is 11.8 Å². The van der Waals surface area contributed by atoms with Crippen LogP contribution < -0.4 is 5.32 Å². The number of thioether (sulfide) groups is 1. The summed E-state index contributed by atoms with van der Waals surface area (Å²) in [5.41, 5.74) is 0. The molecular formula is C13H21N3S. The van der Waals surface area contributed by atoms with Crippen molar-refractivity contribution in [3.05, 3.63) is 18.6 Å². The standard InChI is InChI=1S/C13H21N3S/c1-3-7-15-11-4-5-12(10(11)2)17-13-6-8-14-9-16-13/h6,8-12,15H,3-5,7H2,1-2H3. The van der Waals surface area contributed by atoms with E-state index in [4.69, 9.17) is 0 Å². The van der Waals surface area contributed by atoms with Gasteiger partial charge < -0.3 is 5.32 Å². The lowest BCUT2D eigenvalue weighted by molar-refractivity contribution is 0.431. The van der Waals surface area contributed by atoms with E-state index in [0.717, 1.165) is 17.5 Å². The van der Waals surface area contributed by atoms with Gasteiger partial charge in [0.1, 0.15) is 6.33 Å². The number of rotatable bonds is 5. The Bertz CT molecular complexity index is 331. The van der Waals surface area contributed by atoms with Crippen molar-refractivity contribution in [2.75, 3.05) is 6.54 Å². The fraction of sp³-hybridized carbons (Fsp3) is 0.692. The van der Waals surface area contributed by atoms with Crippen LogP contribution in [0, 0.1) is 5.92 Å². The summed E-state index contributed by atoms with van der Waals surface area (Å²) in [7, 11) is 0. The molecule has 0 aliphatic heterocycles. The second-order valence-corrected chi connectivity index (χ2v) is 5.96. The van der Waals surface area contributed by atoms with Crippen LogP contribution in [0.3, 0.4) is 0 Å². The normalized spacial score (nSPS) is 28.5. The Morgan fingerprint density at radius 1 is 1.47 bits per heavy atom. The highest BCUT2D eigenvalue weighted by atomic mass is 32.2. The van der Waals surface area contributed by atoms with Gasteiger partial charge in [-0.1, -0.05) is 13.8 Å². The van der Waals surface area contributed by atoms with Crippen molar-refractivity contribution in [3.63, 3.8) is 0 Å². The molecule has 1 saturated carbocycles. The zero-order chi connectivity index (χ0) is 12.1. The molecule has 3 nitrogen and oxygen atoms in total. The van der Waals surface area contributed by atoms with Gasteiger partial charge >= 0.3 is 0 Å². The molecule has 0 bridgehead atoms. The summed E-state index contributed by atoms with van der Waals surface area (Å²) in [6, 6.07) is 2.69. The van der Waals surface area contributed by atoms with Crippen molar-refractivity contribution in [1.82, 2.24) is 15.3 Å². The zero-order valence-corrected chi connectivity index (χ0v) is 11.4. The molecule has 0 amide bonds. The van der Waals surface area contributed by atoms with E-state index in [0.29, 0.717) is 11.3 Å². The second kappa shape index (κ2) is 6.36. The van der Waals surface area contributed by atoms with Crippen molar-refractivity contribution in [1.29, 1.82) is 0 Å². The van der Waals surface area contributed by atoms with E-state index in [1.54, 1.807) is 6.33 Å². The molecule has 1 fully saturated rings. The van der Waals surface area contributed by atoms with E-state index >= 15 is 0 Å². The van der Waals surface area contributed by atoms with E-state index in [9.17, 15) is 0 Å². The molecule has 1 aliphatic carbocycles. The molecule has 1 aromatic rings. The minimum atomic E-state index is 0.689. The maximum atomic E-state index is 4.30. The van der Waals surface area contributed by atoms with Gasteiger partial charge in [0.25, 0.3) is 0 Å².